The van der Waals surface area contributed by atoms with Crippen LogP contribution in [-0.2, 0) is 0 Å². The highest BCUT2D eigenvalue weighted by Crippen LogP contribution is 2.48. The van der Waals surface area contributed by atoms with E-state index >= 15 is 0 Å². The van der Waals surface area contributed by atoms with E-state index in [0.29, 0.717) is 0 Å². The summed E-state index contributed by atoms with van der Waals surface area (Å²) in [5.74, 6) is -0.0101. The van der Waals surface area contributed by atoms with Crippen molar-refractivity contribution in [2.24, 2.45) is 0 Å². The quantitative estimate of drug-likeness (QED) is 0.127. The van der Waals surface area contributed by atoms with E-state index < -0.39 is 0 Å². The molecule has 0 heterocycles. The molecule has 0 radical (unpaired) electrons. The minimum absolute atomic E-state index is 0.00338. The highest BCUT2D eigenvalue weighted by atomic mass is 14.4. The molecule has 0 amide bonds. The normalized spacial score (nSPS) is 11.9. The van der Waals surface area contributed by atoms with Crippen molar-refractivity contribution in [1.82, 2.24) is 0 Å². The molecule has 0 saturated heterocycles. The molecule has 69 heavy (non-hydrogen) atoms. The molecule has 7 aromatic carbocycles. The van der Waals surface area contributed by atoms with Gasteiger partial charge in [0.2, 0.25) is 0 Å². The Kier molecular flexibility index (Phi) is 14.2. The van der Waals surface area contributed by atoms with Crippen molar-refractivity contribution in [3.63, 3.8) is 0 Å². The summed E-state index contributed by atoms with van der Waals surface area (Å²) in [6.45, 7) is 56.1. The minimum Gasteiger partial charge on any atom is -0.0546 e. The Morgan fingerprint density at radius 3 is 0.420 bits per heavy atom. The molecule has 0 spiro atoms. The summed E-state index contributed by atoms with van der Waals surface area (Å²) in [5, 5.41) is 0. The Morgan fingerprint density at radius 1 is 0.159 bits per heavy atom. The van der Waals surface area contributed by atoms with Crippen LogP contribution in [0.1, 0.15) is 201 Å². The summed E-state index contributed by atoms with van der Waals surface area (Å²) in [6, 6.07) is 23.2. The van der Waals surface area contributed by atoms with Gasteiger partial charge in [-0.25, -0.2) is 0 Å². The zero-order chi connectivity index (χ0) is 51.1. The first-order valence-electron chi connectivity index (χ1n) is 25.8. The van der Waals surface area contributed by atoms with E-state index in [-0.39, 0.29) is 17.8 Å². The highest BCUT2D eigenvalue weighted by molar-refractivity contribution is 5.64. The van der Waals surface area contributed by atoms with Crippen LogP contribution in [0.15, 0.2) is 54.6 Å². The van der Waals surface area contributed by atoms with Crippen molar-refractivity contribution in [2.75, 3.05) is 0 Å². The lowest BCUT2D eigenvalue weighted by Gasteiger charge is -2.32. The van der Waals surface area contributed by atoms with Gasteiger partial charge in [-0.2, -0.15) is 0 Å². The van der Waals surface area contributed by atoms with Gasteiger partial charge in [-0.15, -0.1) is 0 Å². The molecular weight excluding hydrogens is 829 g/mol. The molecule has 0 heteroatoms. The van der Waals surface area contributed by atoms with Crippen LogP contribution in [-0.4, -0.2) is 0 Å². The Morgan fingerprint density at radius 2 is 0.290 bits per heavy atom. The van der Waals surface area contributed by atoms with E-state index in [0.717, 1.165) is 0 Å². The van der Waals surface area contributed by atoms with Gasteiger partial charge < -0.3 is 0 Å². The van der Waals surface area contributed by atoms with Gasteiger partial charge in [0.1, 0.15) is 0 Å². The fourth-order valence-corrected chi connectivity index (χ4v) is 12.0. The van der Waals surface area contributed by atoms with E-state index in [9.17, 15) is 0 Å². The molecule has 0 bridgehead atoms. The van der Waals surface area contributed by atoms with Crippen LogP contribution < -0.4 is 0 Å². The first kappa shape index (κ1) is 51.4. The van der Waals surface area contributed by atoms with E-state index in [1.165, 1.54) is 184 Å². The molecule has 0 nitrogen and oxygen atoms in total. The molecule has 360 valence electrons. The van der Waals surface area contributed by atoms with Gasteiger partial charge in [-0.05, 0) is 350 Å². The molecule has 0 aliphatic carbocycles. The number of rotatable bonds is 9. The molecule has 7 aromatic rings. The second kappa shape index (κ2) is 19.0. The summed E-state index contributed by atoms with van der Waals surface area (Å²) in [6.07, 6.45) is 0. The lowest BCUT2D eigenvalue weighted by atomic mass is 9.71. The standard InChI is InChI=1S/C69H84/c1-34-25-61(52(19)46(13)40(34)7)67(62-26-35(2)41(8)47(14)53(62)20)58-31-59(68(63-27-36(3)42(9)48(15)54(63)21)64-28-37(4)43(10)49(16)55(64)22)33-60(32-58)69(65-29-38(5)44(11)50(17)56(65)23)66-30-39(6)45(12)51(18)57(66)24/h25-33,67-69H,1-24H3. The smallest absolute Gasteiger partial charge is 0.0345 e. The maximum atomic E-state index is 2.66. The maximum absolute atomic E-state index is 2.66. The molecular formula is C69H84. The van der Waals surface area contributed by atoms with Crippen molar-refractivity contribution in [3.05, 3.63) is 238 Å². The second-order valence-corrected chi connectivity index (χ2v) is 22.2. The Balaban J connectivity index is 1.78. The molecule has 0 N–H and O–H groups in total. The van der Waals surface area contributed by atoms with Gasteiger partial charge in [0, 0.05) is 17.8 Å². The third-order valence-electron chi connectivity index (χ3n) is 19.0. The van der Waals surface area contributed by atoms with Crippen molar-refractivity contribution in [2.45, 2.75) is 184 Å². The third kappa shape index (κ3) is 8.68. The number of aryl methyl sites for hydroxylation is 6. The monoisotopic (exact) mass is 913 g/mol. The Bertz CT molecular complexity index is 2700. The zero-order valence-corrected chi connectivity index (χ0v) is 47.4. The van der Waals surface area contributed by atoms with Crippen LogP contribution in [0.3, 0.4) is 0 Å². The largest absolute Gasteiger partial charge is 0.0546 e. The van der Waals surface area contributed by atoms with Crippen molar-refractivity contribution < 1.29 is 0 Å². The Hall–Kier alpha value is -5.46. The van der Waals surface area contributed by atoms with Crippen LogP contribution in [0, 0.1) is 166 Å². The first-order valence-corrected chi connectivity index (χ1v) is 25.8. The van der Waals surface area contributed by atoms with E-state index in [2.05, 4.69) is 221 Å². The highest BCUT2D eigenvalue weighted by Gasteiger charge is 2.32. The molecule has 0 aliphatic heterocycles. The Labute approximate surface area is 420 Å². The SMILES string of the molecule is Cc1cc(C(c2cc(C(c3cc(C)c(C)c(C)c3C)c3cc(C)c(C)c(C)c3C)cc(C(c3cc(C)c(C)c(C)c3C)c3cc(C)c(C)c(C)c3C)c2)c2cc(C)c(C)c(C)c2C)c(C)c(C)c1C. The lowest BCUT2D eigenvalue weighted by Crippen LogP contribution is -2.17. The van der Waals surface area contributed by atoms with Gasteiger partial charge in [0.15, 0.2) is 0 Å². The van der Waals surface area contributed by atoms with Gasteiger partial charge in [-0.3, -0.25) is 0 Å². The van der Waals surface area contributed by atoms with Crippen molar-refractivity contribution in [1.29, 1.82) is 0 Å². The molecule has 0 unspecified atom stereocenters. The summed E-state index contributed by atoms with van der Waals surface area (Å²) < 4.78 is 0. The van der Waals surface area contributed by atoms with Gasteiger partial charge in [0.05, 0.1) is 0 Å². The fourth-order valence-electron chi connectivity index (χ4n) is 12.0. The number of hydrogen-bond acceptors (Lipinski definition) is 0. The maximum Gasteiger partial charge on any atom is 0.0345 e. The van der Waals surface area contributed by atoms with Crippen molar-refractivity contribution in [3.8, 4) is 0 Å². The predicted molar refractivity (Wildman–Crippen MR) is 302 cm³/mol. The van der Waals surface area contributed by atoms with Crippen LogP contribution in [0.4, 0.5) is 0 Å². The molecule has 0 fully saturated rings. The molecule has 0 aromatic heterocycles. The average molecular weight is 913 g/mol. The summed E-state index contributed by atoms with van der Waals surface area (Å²) >= 11 is 0. The van der Waals surface area contributed by atoms with Gasteiger partial charge >= 0.3 is 0 Å². The minimum atomic E-state index is -0.00338. The lowest BCUT2D eigenvalue weighted by molar-refractivity contribution is 0.872. The summed E-state index contributed by atoms with van der Waals surface area (Å²) in [4.78, 5) is 0. The average Bonchev–Trinajstić information content (AvgIpc) is 3.32. The molecule has 0 aliphatic rings. The van der Waals surface area contributed by atoms with Gasteiger partial charge in [-0.1, -0.05) is 54.6 Å². The van der Waals surface area contributed by atoms with Gasteiger partial charge in [0.25, 0.3) is 0 Å². The second-order valence-electron chi connectivity index (χ2n) is 22.2. The topological polar surface area (TPSA) is 0 Å². The number of benzene rings is 7. The molecule has 0 saturated carbocycles. The van der Waals surface area contributed by atoms with Crippen LogP contribution in [0.25, 0.3) is 0 Å². The van der Waals surface area contributed by atoms with E-state index in [1.807, 2.05) is 0 Å². The summed E-state index contributed by atoms with van der Waals surface area (Å²) in [7, 11) is 0. The van der Waals surface area contributed by atoms with Crippen LogP contribution in [0.5, 0.6) is 0 Å². The molecule has 0 atom stereocenters. The summed E-state index contributed by atoms with van der Waals surface area (Å²) in [5.41, 5.74) is 45.7. The molecule has 7 rings (SSSR count). The van der Waals surface area contributed by atoms with Crippen LogP contribution >= 0.6 is 0 Å². The first-order chi connectivity index (χ1) is 32.2. The predicted octanol–water partition coefficient (Wildman–Crippen LogP) is 18.6. The van der Waals surface area contributed by atoms with E-state index in [4.69, 9.17) is 0 Å². The zero-order valence-electron chi connectivity index (χ0n) is 47.4. The fraction of sp³-hybridized carbons (Fsp3) is 0.391. The van der Waals surface area contributed by atoms with Crippen LogP contribution in [0.2, 0.25) is 0 Å². The van der Waals surface area contributed by atoms with Crippen molar-refractivity contribution >= 4 is 0 Å². The van der Waals surface area contributed by atoms with E-state index in [1.54, 1.807) is 0 Å². The third-order valence-corrected chi connectivity index (χ3v) is 19.0. The number of hydrogen-bond donors (Lipinski definition) is 0.